The van der Waals surface area contributed by atoms with Crippen LogP contribution in [0.2, 0.25) is 0 Å². The Balaban J connectivity index is 1.27. The van der Waals surface area contributed by atoms with Gasteiger partial charge in [-0.2, -0.15) is 5.10 Å². The van der Waals surface area contributed by atoms with Crippen LogP contribution in [0.4, 0.5) is 5.69 Å². The van der Waals surface area contributed by atoms with Crippen molar-refractivity contribution >= 4 is 11.6 Å². The molecule has 2 aromatic heterocycles. The van der Waals surface area contributed by atoms with Gasteiger partial charge in [0.2, 0.25) is 11.8 Å². The van der Waals surface area contributed by atoms with Crippen molar-refractivity contribution in [3.05, 3.63) is 41.9 Å². The Morgan fingerprint density at radius 3 is 2.50 bits per heavy atom. The summed E-state index contributed by atoms with van der Waals surface area (Å²) in [5.41, 5.74) is 2.80. The van der Waals surface area contributed by atoms with Crippen molar-refractivity contribution in [2.24, 2.45) is 7.05 Å². The summed E-state index contributed by atoms with van der Waals surface area (Å²) in [6.45, 7) is 4.93. The summed E-state index contributed by atoms with van der Waals surface area (Å²) in [6, 6.07) is 9.90. The molecule has 0 atom stereocenters. The molecule has 1 fully saturated rings. The number of anilines is 1. The largest absolute Gasteiger partial charge is 0.497 e. The van der Waals surface area contributed by atoms with E-state index in [-0.39, 0.29) is 5.91 Å². The lowest BCUT2D eigenvalue weighted by molar-refractivity contribution is -0.131. The standard InChI is InChI=1S/C21H26N6O3/c1-15-14-18(25(2)24-15)21-23-22-19(30-21)8-9-20(28)27-12-10-26(11-13-27)16-4-6-17(29-3)7-5-16/h4-7,14H,8-13H2,1-3H3. The van der Waals surface area contributed by atoms with Crippen LogP contribution in [0.3, 0.4) is 0 Å². The molecule has 1 aromatic carbocycles. The van der Waals surface area contributed by atoms with Gasteiger partial charge in [-0.05, 0) is 37.3 Å². The van der Waals surface area contributed by atoms with E-state index >= 15 is 0 Å². The van der Waals surface area contributed by atoms with Gasteiger partial charge in [-0.3, -0.25) is 9.48 Å². The van der Waals surface area contributed by atoms with E-state index < -0.39 is 0 Å². The first-order valence-corrected chi connectivity index (χ1v) is 10.0. The molecule has 1 aliphatic rings. The molecular weight excluding hydrogens is 384 g/mol. The molecular formula is C21H26N6O3. The monoisotopic (exact) mass is 410 g/mol. The Bertz CT molecular complexity index is 1000. The van der Waals surface area contributed by atoms with Gasteiger partial charge in [0.15, 0.2) is 0 Å². The first-order chi connectivity index (χ1) is 14.5. The first kappa shape index (κ1) is 19.9. The minimum absolute atomic E-state index is 0.112. The maximum Gasteiger partial charge on any atom is 0.265 e. The van der Waals surface area contributed by atoms with Crippen LogP contribution in [0.1, 0.15) is 18.0 Å². The number of methoxy groups -OCH3 is 1. The molecule has 0 aliphatic carbocycles. The Morgan fingerprint density at radius 1 is 1.13 bits per heavy atom. The Labute approximate surface area is 175 Å². The molecule has 0 bridgehead atoms. The number of aromatic nitrogens is 4. The number of ether oxygens (including phenoxy) is 1. The molecule has 3 heterocycles. The Hall–Kier alpha value is -3.36. The number of amides is 1. The highest BCUT2D eigenvalue weighted by molar-refractivity contribution is 5.76. The average Bonchev–Trinajstić information content (AvgIpc) is 3.37. The van der Waals surface area contributed by atoms with E-state index in [9.17, 15) is 4.79 Å². The molecule has 9 heteroatoms. The van der Waals surface area contributed by atoms with Gasteiger partial charge in [0.05, 0.1) is 12.8 Å². The van der Waals surface area contributed by atoms with Gasteiger partial charge in [0, 0.05) is 51.8 Å². The molecule has 1 saturated heterocycles. The molecule has 0 spiro atoms. The molecule has 158 valence electrons. The molecule has 1 aliphatic heterocycles. The van der Waals surface area contributed by atoms with E-state index in [1.165, 1.54) is 0 Å². The second-order valence-electron chi connectivity index (χ2n) is 7.36. The lowest BCUT2D eigenvalue weighted by Crippen LogP contribution is -2.48. The zero-order chi connectivity index (χ0) is 21.1. The number of carbonyl (C=O) groups is 1. The quantitative estimate of drug-likeness (QED) is 0.614. The van der Waals surface area contributed by atoms with E-state index in [2.05, 4.69) is 20.2 Å². The van der Waals surface area contributed by atoms with E-state index in [1.807, 2.05) is 49.2 Å². The second kappa shape index (κ2) is 8.56. The van der Waals surface area contributed by atoms with Crippen LogP contribution in [-0.2, 0) is 18.3 Å². The lowest BCUT2D eigenvalue weighted by Gasteiger charge is -2.36. The van der Waals surface area contributed by atoms with Gasteiger partial charge in [0.1, 0.15) is 11.4 Å². The highest BCUT2D eigenvalue weighted by Crippen LogP contribution is 2.21. The van der Waals surface area contributed by atoms with E-state index in [0.717, 1.165) is 35.9 Å². The van der Waals surface area contributed by atoms with Crippen molar-refractivity contribution in [2.75, 3.05) is 38.2 Å². The maximum atomic E-state index is 12.6. The van der Waals surface area contributed by atoms with Crippen LogP contribution in [0.15, 0.2) is 34.7 Å². The molecule has 4 rings (SSSR count). The molecule has 30 heavy (non-hydrogen) atoms. The number of aryl methyl sites for hydroxylation is 3. The minimum Gasteiger partial charge on any atom is -0.497 e. The van der Waals surface area contributed by atoms with E-state index in [1.54, 1.807) is 11.8 Å². The molecule has 0 saturated carbocycles. The highest BCUT2D eigenvalue weighted by Gasteiger charge is 2.22. The Kier molecular flexibility index (Phi) is 5.69. The number of rotatable bonds is 6. The summed E-state index contributed by atoms with van der Waals surface area (Å²) in [4.78, 5) is 16.8. The van der Waals surface area contributed by atoms with Crippen LogP contribution in [-0.4, -0.2) is 64.1 Å². The van der Waals surface area contributed by atoms with Gasteiger partial charge in [-0.1, -0.05) is 0 Å². The summed E-state index contributed by atoms with van der Waals surface area (Å²) in [5, 5.41) is 12.5. The summed E-state index contributed by atoms with van der Waals surface area (Å²) in [7, 11) is 3.50. The zero-order valence-electron chi connectivity index (χ0n) is 17.5. The van der Waals surface area contributed by atoms with Crippen molar-refractivity contribution in [1.29, 1.82) is 0 Å². The van der Waals surface area contributed by atoms with Crippen LogP contribution >= 0.6 is 0 Å². The van der Waals surface area contributed by atoms with Gasteiger partial charge in [-0.15, -0.1) is 10.2 Å². The van der Waals surface area contributed by atoms with Crippen LogP contribution < -0.4 is 9.64 Å². The third kappa shape index (κ3) is 4.29. The summed E-state index contributed by atoms with van der Waals surface area (Å²) in [5.74, 6) is 1.85. The fourth-order valence-corrected chi connectivity index (χ4v) is 3.65. The van der Waals surface area contributed by atoms with Crippen molar-refractivity contribution in [2.45, 2.75) is 19.8 Å². The van der Waals surface area contributed by atoms with Crippen molar-refractivity contribution in [1.82, 2.24) is 24.9 Å². The van der Waals surface area contributed by atoms with Crippen LogP contribution in [0.25, 0.3) is 11.6 Å². The molecule has 0 unspecified atom stereocenters. The number of benzene rings is 1. The number of carbonyl (C=O) groups excluding carboxylic acids is 1. The third-order valence-corrected chi connectivity index (χ3v) is 5.31. The topological polar surface area (TPSA) is 89.5 Å². The molecule has 9 nitrogen and oxygen atoms in total. The highest BCUT2D eigenvalue weighted by atomic mass is 16.5. The minimum atomic E-state index is 0.112. The van der Waals surface area contributed by atoms with Gasteiger partial charge in [-0.25, -0.2) is 0 Å². The molecule has 0 radical (unpaired) electrons. The maximum absolute atomic E-state index is 12.6. The van der Waals surface area contributed by atoms with Gasteiger partial charge >= 0.3 is 0 Å². The fourth-order valence-electron chi connectivity index (χ4n) is 3.65. The predicted octanol–water partition coefficient (Wildman–Crippen LogP) is 2.07. The number of nitrogens with zero attached hydrogens (tertiary/aromatic N) is 6. The number of hydrogen-bond donors (Lipinski definition) is 0. The molecule has 1 amide bonds. The second-order valence-corrected chi connectivity index (χ2v) is 7.36. The van der Waals surface area contributed by atoms with Crippen molar-refractivity contribution in [3.8, 4) is 17.3 Å². The van der Waals surface area contributed by atoms with Crippen molar-refractivity contribution in [3.63, 3.8) is 0 Å². The summed E-state index contributed by atoms with van der Waals surface area (Å²) in [6.07, 6.45) is 0.788. The zero-order valence-corrected chi connectivity index (χ0v) is 17.5. The smallest absolute Gasteiger partial charge is 0.265 e. The lowest BCUT2D eigenvalue weighted by atomic mass is 10.2. The van der Waals surface area contributed by atoms with Crippen molar-refractivity contribution < 1.29 is 13.9 Å². The van der Waals surface area contributed by atoms with E-state index in [0.29, 0.717) is 37.7 Å². The van der Waals surface area contributed by atoms with Crippen LogP contribution in [0.5, 0.6) is 5.75 Å². The average molecular weight is 410 g/mol. The van der Waals surface area contributed by atoms with Crippen LogP contribution in [0, 0.1) is 6.92 Å². The Morgan fingerprint density at radius 2 is 1.87 bits per heavy atom. The predicted molar refractivity (Wildman–Crippen MR) is 111 cm³/mol. The van der Waals surface area contributed by atoms with Gasteiger partial charge in [0.25, 0.3) is 5.89 Å². The fraction of sp³-hybridized carbons (Fsp3) is 0.429. The third-order valence-electron chi connectivity index (χ3n) is 5.31. The molecule has 3 aromatic rings. The number of piperazine rings is 1. The van der Waals surface area contributed by atoms with E-state index in [4.69, 9.17) is 9.15 Å². The summed E-state index contributed by atoms with van der Waals surface area (Å²) < 4.78 is 12.6. The first-order valence-electron chi connectivity index (χ1n) is 10.0. The molecule has 0 N–H and O–H groups in total. The SMILES string of the molecule is COc1ccc(N2CCN(C(=O)CCc3nnc(-c4cc(C)nn4C)o3)CC2)cc1. The van der Waals surface area contributed by atoms with Gasteiger partial charge < -0.3 is 19.0 Å². The normalized spacial score (nSPS) is 14.2. The number of hydrogen-bond acceptors (Lipinski definition) is 7. The summed E-state index contributed by atoms with van der Waals surface area (Å²) >= 11 is 0.